The summed E-state index contributed by atoms with van der Waals surface area (Å²) in [5.41, 5.74) is 0. The number of carbonyl (C=O) groups excluding carboxylic acids is 2. The normalized spacial score (nSPS) is 13.7. The quantitative estimate of drug-likeness (QED) is 0.0255. The third-order valence-corrected chi connectivity index (χ3v) is 9.09. The van der Waals surface area contributed by atoms with Crippen molar-refractivity contribution in [1.29, 1.82) is 0 Å². The van der Waals surface area contributed by atoms with Crippen LogP contribution in [-0.2, 0) is 27.9 Å². The van der Waals surface area contributed by atoms with E-state index in [9.17, 15) is 24.2 Å². The summed E-state index contributed by atoms with van der Waals surface area (Å²) in [6.45, 7) is 3.50. The minimum atomic E-state index is -4.41. The summed E-state index contributed by atoms with van der Waals surface area (Å²) in [4.78, 5) is 33.7. The lowest BCUT2D eigenvalue weighted by molar-refractivity contribution is -0.147. The molecule has 0 saturated heterocycles. The topological polar surface area (TPSA) is 131 Å². The van der Waals surface area contributed by atoms with Crippen molar-refractivity contribution in [2.75, 3.05) is 26.4 Å². The molecule has 0 fully saturated rings. The van der Waals surface area contributed by atoms with Crippen LogP contribution >= 0.6 is 7.82 Å². The van der Waals surface area contributed by atoms with Gasteiger partial charge in [0.25, 0.3) is 0 Å². The molecule has 2 atom stereocenters. The summed E-state index contributed by atoms with van der Waals surface area (Å²) in [7, 11) is -4.41. The van der Waals surface area contributed by atoms with Crippen LogP contribution in [0.5, 0.6) is 0 Å². The first-order chi connectivity index (χ1) is 23.3. The minimum absolute atomic E-state index is 0.0775. The zero-order valence-corrected chi connectivity index (χ0v) is 31.6. The van der Waals surface area contributed by atoms with Gasteiger partial charge in [-0.25, -0.2) is 4.57 Å². The second kappa shape index (κ2) is 35.3. The largest absolute Gasteiger partial charge is 0.472 e. The number of unbranched alkanes of at least 4 members (excludes halogenated alkanes) is 19. The van der Waals surface area contributed by atoms with Gasteiger partial charge in [-0.1, -0.05) is 122 Å². The highest BCUT2D eigenvalue weighted by atomic mass is 31.2. The van der Waals surface area contributed by atoms with E-state index in [4.69, 9.17) is 13.8 Å². The summed E-state index contributed by atoms with van der Waals surface area (Å²) in [6, 6.07) is 0. The number of allylic oxidation sites excluding steroid dienone is 4. The zero-order valence-electron chi connectivity index (χ0n) is 30.7. The number of hydrogen-bond donors (Lipinski definition) is 3. The van der Waals surface area contributed by atoms with Crippen LogP contribution in [0.1, 0.15) is 174 Å². The van der Waals surface area contributed by atoms with Crippen LogP contribution in [0.25, 0.3) is 0 Å². The average Bonchev–Trinajstić information content (AvgIpc) is 3.07. The Balaban J connectivity index is 3.64. The Kier molecular flexibility index (Phi) is 34.2. The fourth-order valence-electron chi connectivity index (χ4n) is 5.13. The second-order valence-electron chi connectivity index (χ2n) is 12.9. The fraction of sp³-hybridized carbons (Fsp3) is 0.842. The predicted octanol–water partition coefficient (Wildman–Crippen LogP) is 10.0. The van der Waals surface area contributed by atoms with Gasteiger partial charge < -0.3 is 20.1 Å². The van der Waals surface area contributed by atoms with Crippen molar-refractivity contribution in [3.05, 3.63) is 24.3 Å². The van der Waals surface area contributed by atoms with Crippen molar-refractivity contribution >= 4 is 19.7 Å². The maximum Gasteiger partial charge on any atom is 0.472 e. The molecule has 282 valence electrons. The Hall–Kier alpha value is -1.51. The van der Waals surface area contributed by atoms with E-state index >= 15 is 0 Å². The molecule has 0 aliphatic carbocycles. The first-order valence-electron chi connectivity index (χ1n) is 19.3. The molecule has 0 aliphatic rings. The van der Waals surface area contributed by atoms with Crippen molar-refractivity contribution in [2.45, 2.75) is 180 Å². The summed E-state index contributed by atoms with van der Waals surface area (Å²) in [5, 5.41) is 12.6. The molecule has 0 aromatic heterocycles. The number of phosphoric ester groups is 1. The molecule has 10 heteroatoms. The highest BCUT2D eigenvalue weighted by Gasteiger charge is 2.23. The van der Waals surface area contributed by atoms with Gasteiger partial charge in [-0.3, -0.25) is 18.6 Å². The molecule has 9 nitrogen and oxygen atoms in total. The van der Waals surface area contributed by atoms with Gasteiger partial charge >= 0.3 is 13.8 Å². The molecular formula is C38H72NO8P. The van der Waals surface area contributed by atoms with Gasteiger partial charge in [0.05, 0.1) is 13.2 Å². The molecule has 0 bridgehead atoms. The molecule has 0 saturated carbocycles. The smallest absolute Gasteiger partial charge is 0.463 e. The Labute approximate surface area is 293 Å². The predicted molar refractivity (Wildman–Crippen MR) is 197 cm³/mol. The molecule has 0 aliphatic heterocycles. The van der Waals surface area contributed by atoms with Crippen molar-refractivity contribution in [3.8, 4) is 0 Å². The van der Waals surface area contributed by atoms with Crippen molar-refractivity contribution in [3.63, 3.8) is 0 Å². The van der Waals surface area contributed by atoms with E-state index in [1.54, 1.807) is 0 Å². The molecule has 0 heterocycles. The summed E-state index contributed by atoms with van der Waals surface area (Å²) in [5.74, 6) is -0.534. The molecule has 48 heavy (non-hydrogen) atoms. The van der Waals surface area contributed by atoms with E-state index < -0.39 is 26.5 Å². The number of hydrogen-bond acceptors (Lipinski definition) is 7. The number of carbonyl (C=O) groups is 2. The van der Waals surface area contributed by atoms with Crippen LogP contribution in [0.4, 0.5) is 0 Å². The van der Waals surface area contributed by atoms with E-state index in [2.05, 4.69) is 43.5 Å². The van der Waals surface area contributed by atoms with Crippen LogP contribution in [-0.4, -0.2) is 54.3 Å². The van der Waals surface area contributed by atoms with Crippen molar-refractivity contribution < 1.29 is 37.9 Å². The first-order valence-corrected chi connectivity index (χ1v) is 20.8. The van der Waals surface area contributed by atoms with Crippen molar-refractivity contribution in [1.82, 2.24) is 5.32 Å². The molecule has 1 amide bonds. The van der Waals surface area contributed by atoms with Gasteiger partial charge in [0.15, 0.2) is 0 Å². The summed E-state index contributed by atoms with van der Waals surface area (Å²) < 4.78 is 26.7. The summed E-state index contributed by atoms with van der Waals surface area (Å²) in [6.07, 6.45) is 35.3. The Morgan fingerprint density at radius 2 is 1.06 bits per heavy atom. The van der Waals surface area contributed by atoms with E-state index in [0.717, 1.165) is 70.6 Å². The summed E-state index contributed by atoms with van der Waals surface area (Å²) >= 11 is 0. The number of nitrogens with one attached hydrogen (secondary N) is 1. The molecule has 0 radical (unpaired) electrons. The maximum atomic E-state index is 12.0. The second-order valence-corrected chi connectivity index (χ2v) is 14.3. The highest BCUT2D eigenvalue weighted by molar-refractivity contribution is 7.47. The maximum absolute atomic E-state index is 12.0. The Morgan fingerprint density at radius 1 is 0.625 bits per heavy atom. The number of aliphatic hydroxyl groups is 1. The van der Waals surface area contributed by atoms with Gasteiger partial charge in [-0.2, -0.15) is 0 Å². The lowest BCUT2D eigenvalue weighted by Crippen LogP contribution is -2.27. The first kappa shape index (κ1) is 46.5. The molecule has 0 aromatic rings. The lowest BCUT2D eigenvalue weighted by Gasteiger charge is -2.15. The standard InChI is InChI=1S/C38H72NO8P/c1-3-5-7-9-11-13-15-17-19-20-22-24-26-28-30-37(41)39-32-33-46-48(43,44)47-35-36(40)34-45-38(42)31-29-27-25-23-21-18-16-14-12-10-8-6-4-2/h14-17,36,40H,3-13,18-35H2,1-2H3,(H,39,41)(H,43,44)/b16-14-,17-15-. The number of ether oxygens (including phenoxy) is 1. The van der Waals surface area contributed by atoms with Gasteiger partial charge in [0.2, 0.25) is 5.91 Å². The van der Waals surface area contributed by atoms with E-state index in [1.807, 2.05) is 0 Å². The van der Waals surface area contributed by atoms with Crippen LogP contribution in [0.15, 0.2) is 24.3 Å². The average molecular weight is 702 g/mol. The van der Waals surface area contributed by atoms with Crippen LogP contribution < -0.4 is 5.32 Å². The number of aliphatic hydroxyl groups excluding tert-OH is 1. The van der Waals surface area contributed by atoms with E-state index in [0.29, 0.717) is 6.42 Å². The molecule has 0 rings (SSSR count). The number of rotatable bonds is 36. The Morgan fingerprint density at radius 3 is 1.58 bits per heavy atom. The molecule has 2 unspecified atom stereocenters. The number of amides is 1. The minimum Gasteiger partial charge on any atom is -0.463 e. The van der Waals surface area contributed by atoms with Crippen LogP contribution in [0.3, 0.4) is 0 Å². The third kappa shape index (κ3) is 35.8. The monoisotopic (exact) mass is 701 g/mol. The molecule has 0 spiro atoms. The van der Waals surface area contributed by atoms with Crippen LogP contribution in [0, 0.1) is 0 Å². The molecular weight excluding hydrogens is 629 g/mol. The molecule has 0 aromatic carbocycles. The number of esters is 1. The van der Waals surface area contributed by atoms with Gasteiger partial charge in [0, 0.05) is 19.4 Å². The Bertz CT molecular complexity index is 851. The van der Waals surface area contributed by atoms with Crippen molar-refractivity contribution in [2.24, 2.45) is 0 Å². The lowest BCUT2D eigenvalue weighted by atomic mass is 10.1. The number of phosphoric acid groups is 1. The van der Waals surface area contributed by atoms with E-state index in [1.165, 1.54) is 77.0 Å². The fourth-order valence-corrected chi connectivity index (χ4v) is 5.89. The van der Waals surface area contributed by atoms with Gasteiger partial charge in [-0.05, 0) is 64.2 Å². The van der Waals surface area contributed by atoms with Crippen LogP contribution in [0.2, 0.25) is 0 Å². The van der Waals surface area contributed by atoms with E-state index in [-0.39, 0.29) is 32.1 Å². The third-order valence-electron chi connectivity index (χ3n) is 8.10. The SMILES string of the molecule is CCCCCC/C=C\CCCCCCCC(=O)OCC(O)COP(=O)(O)OCCNC(=O)CCCCCCC/C=C\CCCCCCC. The highest BCUT2D eigenvalue weighted by Crippen LogP contribution is 2.42. The zero-order chi connectivity index (χ0) is 35.4. The van der Waals surface area contributed by atoms with Gasteiger partial charge in [-0.15, -0.1) is 0 Å². The van der Waals surface area contributed by atoms with Gasteiger partial charge in [0.1, 0.15) is 12.7 Å². The molecule has 3 N–H and O–H groups in total.